The first-order valence-corrected chi connectivity index (χ1v) is 8.38. The van der Waals surface area contributed by atoms with Crippen LogP contribution in [-0.4, -0.2) is 43.1 Å². The summed E-state index contributed by atoms with van der Waals surface area (Å²) in [5, 5.41) is 5.39. The lowest BCUT2D eigenvalue weighted by Crippen LogP contribution is -2.43. The fourth-order valence-corrected chi connectivity index (χ4v) is 2.55. The van der Waals surface area contributed by atoms with Crippen molar-refractivity contribution < 1.29 is 23.5 Å². The third kappa shape index (κ3) is 4.73. The molecule has 0 radical (unpaired) electrons. The van der Waals surface area contributed by atoms with Crippen LogP contribution in [-0.2, 0) is 9.59 Å². The van der Waals surface area contributed by atoms with Gasteiger partial charge in [0.15, 0.2) is 11.5 Å². The van der Waals surface area contributed by atoms with Crippen LogP contribution in [0.25, 0.3) is 0 Å². The molecular formula is C19H20FN3O4. The number of benzene rings is 2. The van der Waals surface area contributed by atoms with Gasteiger partial charge in [0.2, 0.25) is 18.6 Å². The van der Waals surface area contributed by atoms with E-state index in [9.17, 15) is 14.0 Å². The average Bonchev–Trinajstić information content (AvgIpc) is 3.08. The number of likely N-dealkylation sites (N-methyl/N-ethyl adjacent to an activating group) is 1. The maximum atomic E-state index is 13.2. The molecule has 0 saturated heterocycles. The van der Waals surface area contributed by atoms with E-state index in [0.717, 1.165) is 0 Å². The molecule has 1 heterocycles. The summed E-state index contributed by atoms with van der Waals surface area (Å²) in [5.74, 6) is 0.161. The Morgan fingerprint density at radius 1 is 1.11 bits per heavy atom. The number of anilines is 2. The molecule has 3 rings (SSSR count). The molecule has 2 aromatic carbocycles. The van der Waals surface area contributed by atoms with Gasteiger partial charge in [-0.15, -0.1) is 0 Å². The Bertz CT molecular complexity index is 859. The minimum atomic E-state index is -0.561. The lowest BCUT2D eigenvalue weighted by molar-refractivity contribution is -0.122. The molecule has 8 heteroatoms. The Labute approximate surface area is 156 Å². The molecule has 0 saturated carbocycles. The van der Waals surface area contributed by atoms with Gasteiger partial charge in [0, 0.05) is 17.4 Å². The molecule has 2 aromatic rings. The third-order valence-corrected chi connectivity index (χ3v) is 4.18. The first kappa shape index (κ1) is 18.7. The molecule has 2 N–H and O–H groups in total. The second-order valence-corrected chi connectivity index (χ2v) is 6.21. The van der Waals surface area contributed by atoms with Gasteiger partial charge in [0.1, 0.15) is 5.82 Å². The Kier molecular flexibility index (Phi) is 5.56. The molecule has 1 aliphatic heterocycles. The molecular weight excluding hydrogens is 353 g/mol. The summed E-state index contributed by atoms with van der Waals surface area (Å²) in [6, 6.07) is 10.2. The number of rotatable bonds is 6. The van der Waals surface area contributed by atoms with Gasteiger partial charge in [-0.2, -0.15) is 0 Å². The zero-order chi connectivity index (χ0) is 19.4. The largest absolute Gasteiger partial charge is 0.454 e. The van der Waals surface area contributed by atoms with Gasteiger partial charge in [-0.1, -0.05) is 6.07 Å². The molecule has 0 aromatic heterocycles. The highest BCUT2D eigenvalue weighted by atomic mass is 19.1. The third-order valence-electron chi connectivity index (χ3n) is 4.18. The first-order valence-electron chi connectivity index (χ1n) is 8.38. The van der Waals surface area contributed by atoms with E-state index in [1.807, 2.05) is 0 Å². The van der Waals surface area contributed by atoms with Gasteiger partial charge in [-0.05, 0) is 44.3 Å². The van der Waals surface area contributed by atoms with Crippen LogP contribution >= 0.6 is 0 Å². The van der Waals surface area contributed by atoms with Crippen molar-refractivity contribution in [2.45, 2.75) is 13.0 Å². The number of carbonyl (C=O) groups is 2. The lowest BCUT2D eigenvalue weighted by atomic mass is 10.2. The Morgan fingerprint density at radius 2 is 1.85 bits per heavy atom. The van der Waals surface area contributed by atoms with E-state index in [2.05, 4.69) is 10.6 Å². The van der Waals surface area contributed by atoms with E-state index in [-0.39, 0.29) is 25.2 Å². The summed E-state index contributed by atoms with van der Waals surface area (Å²) in [6.45, 7) is 1.83. The van der Waals surface area contributed by atoms with Crippen molar-refractivity contribution in [3.8, 4) is 11.5 Å². The van der Waals surface area contributed by atoms with Gasteiger partial charge >= 0.3 is 0 Å². The number of ether oxygens (including phenoxy) is 2. The molecule has 0 spiro atoms. The molecule has 0 bridgehead atoms. The van der Waals surface area contributed by atoms with E-state index < -0.39 is 11.9 Å². The maximum absolute atomic E-state index is 13.2. The molecule has 0 unspecified atom stereocenters. The zero-order valence-electron chi connectivity index (χ0n) is 15.0. The van der Waals surface area contributed by atoms with Crippen LogP contribution in [0.3, 0.4) is 0 Å². The van der Waals surface area contributed by atoms with Crippen molar-refractivity contribution in [2.24, 2.45) is 0 Å². The number of hydrogen-bond acceptors (Lipinski definition) is 5. The van der Waals surface area contributed by atoms with Crippen LogP contribution < -0.4 is 20.1 Å². The minimum Gasteiger partial charge on any atom is -0.454 e. The SMILES string of the molecule is C[C@H](C(=O)Nc1ccc2c(c1)OCO2)N(C)CC(=O)Nc1cccc(F)c1. The van der Waals surface area contributed by atoms with E-state index in [1.54, 1.807) is 43.1 Å². The van der Waals surface area contributed by atoms with Crippen molar-refractivity contribution in [1.29, 1.82) is 0 Å². The van der Waals surface area contributed by atoms with Gasteiger partial charge in [0.25, 0.3) is 0 Å². The van der Waals surface area contributed by atoms with Crippen LogP contribution in [0.15, 0.2) is 42.5 Å². The molecule has 1 atom stereocenters. The Morgan fingerprint density at radius 3 is 2.63 bits per heavy atom. The predicted octanol–water partition coefficient (Wildman–Crippen LogP) is 2.45. The highest BCUT2D eigenvalue weighted by molar-refractivity contribution is 5.96. The van der Waals surface area contributed by atoms with Gasteiger partial charge in [-0.25, -0.2) is 4.39 Å². The highest BCUT2D eigenvalue weighted by Gasteiger charge is 2.21. The molecule has 2 amide bonds. The monoisotopic (exact) mass is 373 g/mol. The quantitative estimate of drug-likeness (QED) is 0.813. The fourth-order valence-electron chi connectivity index (χ4n) is 2.55. The molecule has 27 heavy (non-hydrogen) atoms. The Balaban J connectivity index is 1.53. The van der Waals surface area contributed by atoms with Gasteiger partial charge < -0.3 is 20.1 Å². The predicted molar refractivity (Wildman–Crippen MR) is 98.3 cm³/mol. The molecule has 1 aliphatic rings. The molecule has 0 fully saturated rings. The summed E-state index contributed by atoms with van der Waals surface area (Å²) in [5.41, 5.74) is 0.944. The molecule has 142 valence electrons. The smallest absolute Gasteiger partial charge is 0.241 e. The van der Waals surface area contributed by atoms with Crippen LogP contribution in [0.2, 0.25) is 0 Å². The number of carbonyl (C=O) groups excluding carboxylic acids is 2. The van der Waals surface area contributed by atoms with E-state index in [0.29, 0.717) is 22.9 Å². The summed E-state index contributed by atoms with van der Waals surface area (Å²) in [7, 11) is 1.66. The average molecular weight is 373 g/mol. The van der Waals surface area contributed by atoms with Gasteiger partial charge in [0.05, 0.1) is 12.6 Å². The maximum Gasteiger partial charge on any atom is 0.241 e. The normalized spacial score (nSPS) is 13.3. The van der Waals surface area contributed by atoms with Crippen molar-refractivity contribution in [3.63, 3.8) is 0 Å². The summed E-state index contributed by atoms with van der Waals surface area (Å²) in [4.78, 5) is 26.1. The minimum absolute atomic E-state index is 0.0216. The van der Waals surface area contributed by atoms with Crippen LogP contribution in [0.4, 0.5) is 15.8 Å². The number of fused-ring (bicyclic) bond motifs is 1. The number of nitrogens with zero attached hydrogens (tertiary/aromatic N) is 1. The van der Waals surface area contributed by atoms with E-state index in [1.165, 1.54) is 18.2 Å². The zero-order valence-corrected chi connectivity index (χ0v) is 15.0. The van der Waals surface area contributed by atoms with Crippen LogP contribution in [0, 0.1) is 5.82 Å². The summed E-state index contributed by atoms with van der Waals surface area (Å²) < 4.78 is 23.7. The van der Waals surface area contributed by atoms with Crippen LogP contribution in [0.1, 0.15) is 6.92 Å². The van der Waals surface area contributed by atoms with E-state index >= 15 is 0 Å². The van der Waals surface area contributed by atoms with Crippen molar-refractivity contribution in [1.82, 2.24) is 4.90 Å². The van der Waals surface area contributed by atoms with Gasteiger partial charge in [-0.3, -0.25) is 14.5 Å². The molecule has 7 nitrogen and oxygen atoms in total. The second-order valence-electron chi connectivity index (χ2n) is 6.21. The highest BCUT2D eigenvalue weighted by Crippen LogP contribution is 2.34. The Hall–Kier alpha value is -3.13. The first-order chi connectivity index (χ1) is 12.9. The molecule has 0 aliphatic carbocycles. The standard InChI is InChI=1S/C19H20FN3O4/c1-12(19(25)22-15-6-7-16-17(9-15)27-11-26-16)23(2)10-18(24)21-14-5-3-4-13(20)8-14/h3-9,12H,10-11H2,1-2H3,(H,21,24)(H,22,25)/t12-/m1/s1. The topological polar surface area (TPSA) is 79.9 Å². The number of amides is 2. The lowest BCUT2D eigenvalue weighted by Gasteiger charge is -2.23. The van der Waals surface area contributed by atoms with Crippen molar-refractivity contribution in [3.05, 3.63) is 48.3 Å². The van der Waals surface area contributed by atoms with E-state index in [4.69, 9.17) is 9.47 Å². The number of nitrogens with one attached hydrogen (secondary N) is 2. The number of hydrogen-bond donors (Lipinski definition) is 2. The van der Waals surface area contributed by atoms with Crippen molar-refractivity contribution >= 4 is 23.2 Å². The van der Waals surface area contributed by atoms with Crippen LogP contribution in [0.5, 0.6) is 11.5 Å². The fraction of sp³-hybridized carbons (Fsp3) is 0.263. The van der Waals surface area contributed by atoms with Crippen molar-refractivity contribution in [2.75, 3.05) is 31.0 Å². The summed E-state index contributed by atoms with van der Waals surface area (Å²) in [6.07, 6.45) is 0. The number of halogens is 1. The second kappa shape index (κ2) is 8.05. The summed E-state index contributed by atoms with van der Waals surface area (Å²) >= 11 is 0.